The first-order valence-corrected chi connectivity index (χ1v) is 45.0. The molecule has 0 saturated heterocycles. The third-order valence-corrected chi connectivity index (χ3v) is 25.4. The van der Waals surface area contributed by atoms with Crippen LogP contribution in [0.4, 0.5) is 51.2 Å². The average Bonchev–Trinajstić information content (AvgIpc) is 1.64. The van der Waals surface area contributed by atoms with E-state index in [9.17, 15) is 0 Å². The lowest BCUT2D eigenvalue weighted by molar-refractivity contribution is 1.18. The van der Waals surface area contributed by atoms with E-state index in [1.165, 1.54) is 126 Å². The molecule has 9 heteroatoms. The highest BCUT2D eigenvalue weighted by Gasteiger charge is 2.24. The van der Waals surface area contributed by atoms with Crippen molar-refractivity contribution < 1.29 is 0 Å². The van der Waals surface area contributed by atoms with Crippen molar-refractivity contribution in [2.24, 2.45) is 0 Å². The van der Waals surface area contributed by atoms with E-state index in [1.54, 1.807) is 0 Å². The molecule has 0 bridgehead atoms. The summed E-state index contributed by atoms with van der Waals surface area (Å²) in [6.45, 7) is 0. The van der Waals surface area contributed by atoms with Crippen LogP contribution in [0.5, 0.6) is 0 Å². The fourth-order valence-corrected chi connectivity index (χ4v) is 19.1. The van der Waals surface area contributed by atoms with Crippen LogP contribution in [0.25, 0.3) is 138 Å². The summed E-state index contributed by atoms with van der Waals surface area (Å²) in [6.07, 6.45) is 0. The third kappa shape index (κ3) is 15.9. The minimum atomic E-state index is 1.07. The SMILES string of the molecule is Brc1ccc(-c2ccc(N(c3ccc4c(c3)c3ccccc3n4-c3cccc(-c4ccccc4)c3)c3cccc4ccccc34)cc2)cc1.Brc1cccc(-c2ccc(N(c3ccccc3)c3ccc4c(c3)c3ccccc3n4-c3ccccc3)cc2)c1.Brc1cccc(-c2cccc(N(c3ccccc3)c3ccc4c(c3)c3ccccc3n4-c3ccccc3)c2)c1. The number of rotatable bonds is 16. The van der Waals surface area contributed by atoms with Gasteiger partial charge in [-0.15, -0.1) is 0 Å². The van der Waals surface area contributed by atoms with Crippen LogP contribution in [0, 0.1) is 0 Å². The van der Waals surface area contributed by atoms with Gasteiger partial charge in [-0.05, 0) is 262 Å². The van der Waals surface area contributed by atoms with Gasteiger partial charge >= 0.3 is 0 Å². The van der Waals surface area contributed by atoms with E-state index in [2.05, 4.69) is 568 Å². The summed E-state index contributed by atoms with van der Waals surface area (Å²) in [4.78, 5) is 7.07. The van der Waals surface area contributed by atoms with Gasteiger partial charge in [0.15, 0.2) is 0 Å². The molecule has 127 heavy (non-hydrogen) atoms. The molecule has 0 amide bonds. The summed E-state index contributed by atoms with van der Waals surface area (Å²) in [6, 6.07) is 176. The summed E-state index contributed by atoms with van der Waals surface area (Å²) < 4.78 is 10.3. The lowest BCUT2D eigenvalue weighted by atomic mass is 10.0. The van der Waals surface area contributed by atoms with Gasteiger partial charge in [0.2, 0.25) is 0 Å². The Morgan fingerprint density at radius 1 is 0.150 bits per heavy atom. The molecule has 23 aromatic rings. The number of fused-ring (bicyclic) bond motifs is 10. The molecule has 23 rings (SSSR count). The standard InChI is InChI=1S/C46H31BrN2.2C36H25BrN2/c47-37-24-20-33(21-25-37)34-22-26-38(27-23-34)48(44-19-9-13-35-12-4-5-16-41(35)44)40-28-29-46-43(31-40)42-17-6-7-18-45(42)49(46)39-15-8-14-36(30-39)32-10-2-1-3-11-32;37-28-13-9-11-26(23-28)27-12-10-18-31(24-27)38(29-14-3-1-4-15-29)32-21-22-36-34(25-32)33-19-7-8-20-35(33)39(36)30-16-5-2-6-17-30;37-28-11-9-10-27(24-28)26-18-20-31(21-19-26)38(29-12-3-1-4-13-29)32-22-23-36-34(25-32)33-16-7-8-17-35(33)39(36)30-14-5-2-6-15-30/h1-31H;2*1-25H. The normalized spacial score (nSPS) is 11.3. The molecule has 0 atom stereocenters. The van der Waals surface area contributed by atoms with Crippen LogP contribution in [0.15, 0.2) is 505 Å². The molecule has 0 aliphatic carbocycles. The fraction of sp³-hybridized carbons (Fsp3) is 0. The number of hydrogen-bond donors (Lipinski definition) is 0. The van der Waals surface area contributed by atoms with E-state index in [-0.39, 0.29) is 0 Å². The highest BCUT2D eigenvalue weighted by Crippen LogP contribution is 2.47. The summed E-state index contributed by atoms with van der Waals surface area (Å²) in [5.74, 6) is 0. The lowest BCUT2D eigenvalue weighted by Gasteiger charge is -2.27. The van der Waals surface area contributed by atoms with E-state index in [4.69, 9.17) is 0 Å². The van der Waals surface area contributed by atoms with Crippen molar-refractivity contribution in [1.82, 2.24) is 13.7 Å². The summed E-state index contributed by atoms with van der Waals surface area (Å²) >= 11 is 10.8. The smallest absolute Gasteiger partial charge is 0.0542 e. The third-order valence-electron chi connectivity index (χ3n) is 23.9. The zero-order valence-corrected chi connectivity index (χ0v) is 73.8. The molecule has 0 saturated carbocycles. The molecule has 3 aromatic heterocycles. The highest BCUT2D eigenvalue weighted by molar-refractivity contribution is 9.11. The van der Waals surface area contributed by atoms with Crippen LogP contribution in [0.1, 0.15) is 0 Å². The van der Waals surface area contributed by atoms with Crippen molar-refractivity contribution in [1.29, 1.82) is 0 Å². The van der Waals surface area contributed by atoms with E-state index >= 15 is 0 Å². The predicted molar refractivity (Wildman–Crippen MR) is 549 cm³/mol. The Hall–Kier alpha value is -15.1. The number of benzene rings is 20. The number of hydrogen-bond acceptors (Lipinski definition) is 3. The monoisotopic (exact) mass is 1820 g/mol. The van der Waals surface area contributed by atoms with Gasteiger partial charge < -0.3 is 28.4 Å². The molecule has 6 nitrogen and oxygen atoms in total. The first-order valence-electron chi connectivity index (χ1n) is 42.7. The topological polar surface area (TPSA) is 24.5 Å². The van der Waals surface area contributed by atoms with Crippen molar-refractivity contribution in [3.63, 3.8) is 0 Å². The zero-order chi connectivity index (χ0) is 85.1. The maximum absolute atomic E-state index is 3.63. The molecule has 20 aromatic carbocycles. The second-order valence-corrected chi connectivity index (χ2v) is 34.3. The quantitative estimate of drug-likeness (QED) is 0.0964. The number of anilines is 9. The maximum Gasteiger partial charge on any atom is 0.0542 e. The predicted octanol–water partition coefficient (Wildman–Crippen LogP) is 34.9. The molecule has 0 fully saturated rings. The van der Waals surface area contributed by atoms with Crippen molar-refractivity contribution >= 4 is 175 Å². The second kappa shape index (κ2) is 35.3. The summed E-state index contributed by atoms with van der Waals surface area (Å²) in [5.41, 5.74) is 30.3. The number of para-hydroxylation sites is 7. The molecule has 3 heterocycles. The molecule has 0 N–H and O–H groups in total. The van der Waals surface area contributed by atoms with Crippen molar-refractivity contribution in [3.8, 4) is 61.6 Å². The van der Waals surface area contributed by atoms with Crippen LogP contribution in [-0.2, 0) is 0 Å². The first-order chi connectivity index (χ1) is 62.7. The molecule has 0 unspecified atom stereocenters. The molecule has 0 radical (unpaired) electrons. The average molecular weight is 1820 g/mol. The summed E-state index contributed by atoms with van der Waals surface area (Å²) in [5, 5.41) is 9.83. The van der Waals surface area contributed by atoms with Gasteiger partial charge in [0.05, 0.1) is 38.8 Å². The van der Waals surface area contributed by atoms with E-state index in [0.717, 1.165) is 76.0 Å². The van der Waals surface area contributed by atoms with Gasteiger partial charge in [-0.3, -0.25) is 0 Å². The van der Waals surface area contributed by atoms with Crippen molar-refractivity contribution in [2.45, 2.75) is 0 Å². The Bertz CT molecular complexity index is 7910. The largest absolute Gasteiger partial charge is 0.310 e. The van der Waals surface area contributed by atoms with E-state index in [1.807, 2.05) is 0 Å². The Morgan fingerprint density at radius 2 is 0.433 bits per heavy atom. The minimum Gasteiger partial charge on any atom is -0.310 e. The Kier molecular flexibility index (Phi) is 22.0. The Morgan fingerprint density at radius 3 is 0.921 bits per heavy atom. The summed E-state index contributed by atoms with van der Waals surface area (Å²) in [7, 11) is 0. The van der Waals surface area contributed by atoms with Crippen LogP contribution in [-0.4, -0.2) is 13.7 Å². The first kappa shape index (κ1) is 79.1. The Labute approximate surface area is 763 Å². The van der Waals surface area contributed by atoms with E-state index in [0.29, 0.717) is 0 Å². The van der Waals surface area contributed by atoms with Gasteiger partial charge in [0, 0.05) is 114 Å². The molecule has 0 aliphatic rings. The molecular formula is C118H81Br3N6. The maximum atomic E-state index is 3.63. The van der Waals surface area contributed by atoms with E-state index < -0.39 is 0 Å². The van der Waals surface area contributed by atoms with Gasteiger partial charge in [-0.2, -0.15) is 0 Å². The van der Waals surface area contributed by atoms with Crippen molar-refractivity contribution in [2.75, 3.05) is 14.7 Å². The highest BCUT2D eigenvalue weighted by atomic mass is 79.9. The van der Waals surface area contributed by atoms with Gasteiger partial charge in [-0.1, -0.05) is 327 Å². The van der Waals surface area contributed by atoms with Gasteiger partial charge in [-0.25, -0.2) is 0 Å². The van der Waals surface area contributed by atoms with Gasteiger partial charge in [0.1, 0.15) is 0 Å². The minimum absolute atomic E-state index is 1.07. The lowest BCUT2D eigenvalue weighted by Crippen LogP contribution is -2.10. The van der Waals surface area contributed by atoms with Crippen molar-refractivity contribution in [3.05, 3.63) is 505 Å². The molecule has 0 spiro atoms. The molecule has 0 aliphatic heterocycles. The molecule has 604 valence electrons. The van der Waals surface area contributed by atoms with Crippen LogP contribution >= 0.6 is 47.8 Å². The fourth-order valence-electron chi connectivity index (χ4n) is 18.0. The Balaban J connectivity index is 0.000000117. The molecular weight excluding hydrogens is 1740 g/mol. The number of halogens is 3. The van der Waals surface area contributed by atoms with Gasteiger partial charge in [0.25, 0.3) is 0 Å². The van der Waals surface area contributed by atoms with Crippen LogP contribution in [0.3, 0.4) is 0 Å². The van der Waals surface area contributed by atoms with Crippen LogP contribution < -0.4 is 14.7 Å². The van der Waals surface area contributed by atoms with Crippen LogP contribution in [0.2, 0.25) is 0 Å². The number of nitrogens with zero attached hydrogens (tertiary/aromatic N) is 6. The second-order valence-electron chi connectivity index (χ2n) is 31.6. The zero-order valence-electron chi connectivity index (χ0n) is 69.1. The number of aromatic nitrogens is 3.